The molecule has 0 amide bonds. The van der Waals surface area contributed by atoms with Gasteiger partial charge in [0.1, 0.15) is 0 Å². The topological polar surface area (TPSA) is 59.0 Å². The first kappa shape index (κ1) is 16.4. The second-order valence-corrected chi connectivity index (χ2v) is 7.68. The van der Waals surface area contributed by atoms with E-state index in [1.807, 2.05) is 48.5 Å². The molecule has 0 bridgehead atoms. The molecule has 1 rings (SSSR count). The van der Waals surface area contributed by atoms with Crippen LogP contribution in [0.5, 0.6) is 0 Å². The van der Waals surface area contributed by atoms with Gasteiger partial charge in [0.05, 0.1) is 22.6 Å². The highest BCUT2D eigenvalue weighted by Crippen LogP contribution is 2.40. The highest BCUT2D eigenvalue weighted by molar-refractivity contribution is 5.75. The normalized spacial score (nSPS) is 24.2. The first-order chi connectivity index (χ1) is 8.40. The molecule has 1 N–H and O–H groups in total. The number of hydrogen-bond acceptors (Lipinski definition) is 5. The van der Waals surface area contributed by atoms with Crippen LogP contribution in [0.2, 0.25) is 0 Å². The Balaban J connectivity index is 2.94. The lowest BCUT2D eigenvalue weighted by Gasteiger charge is -2.52. The molecule has 112 valence electrons. The summed E-state index contributed by atoms with van der Waals surface area (Å²) >= 11 is 0. The molecule has 0 spiro atoms. The molecular formula is C14H27NO4. The number of piperidine rings is 1. The number of hydroxylamine groups is 2. The van der Waals surface area contributed by atoms with Gasteiger partial charge in [0.15, 0.2) is 0 Å². The molecule has 1 fully saturated rings. The van der Waals surface area contributed by atoms with Crippen molar-refractivity contribution in [2.75, 3.05) is 0 Å². The summed E-state index contributed by atoms with van der Waals surface area (Å²) in [5, 5.41) is 10.7. The Bertz CT molecular complexity index is 326. The maximum atomic E-state index is 12.1. The van der Waals surface area contributed by atoms with Gasteiger partial charge in [0.2, 0.25) is 0 Å². The summed E-state index contributed by atoms with van der Waals surface area (Å²) in [5.41, 5.74) is -1.33. The molecule has 0 saturated carbocycles. The fourth-order valence-electron chi connectivity index (χ4n) is 2.71. The summed E-state index contributed by atoms with van der Waals surface area (Å²) in [4.78, 5) is 22.3. The zero-order valence-corrected chi connectivity index (χ0v) is 13.1. The minimum Gasteiger partial charge on any atom is -0.366 e. The van der Waals surface area contributed by atoms with Gasteiger partial charge < -0.3 is 4.84 Å². The average molecular weight is 273 g/mol. The van der Waals surface area contributed by atoms with E-state index >= 15 is 0 Å². The van der Waals surface area contributed by atoms with Gasteiger partial charge in [0, 0.05) is 0 Å². The van der Waals surface area contributed by atoms with Crippen LogP contribution in [0.1, 0.15) is 61.3 Å². The van der Waals surface area contributed by atoms with E-state index in [9.17, 15) is 4.79 Å². The number of carbonyl (C=O) groups is 1. The molecule has 19 heavy (non-hydrogen) atoms. The van der Waals surface area contributed by atoms with Crippen molar-refractivity contribution in [2.24, 2.45) is 5.41 Å². The molecule has 0 aromatic rings. The lowest BCUT2D eigenvalue weighted by atomic mass is 9.80. The van der Waals surface area contributed by atoms with Crippen molar-refractivity contribution in [3.63, 3.8) is 0 Å². The van der Waals surface area contributed by atoms with Crippen LogP contribution < -0.4 is 0 Å². The van der Waals surface area contributed by atoms with Crippen LogP contribution in [0.15, 0.2) is 0 Å². The summed E-state index contributed by atoms with van der Waals surface area (Å²) in [6, 6.07) is 0. The highest BCUT2D eigenvalue weighted by atomic mass is 17.1. The van der Waals surface area contributed by atoms with Gasteiger partial charge in [-0.15, -0.1) is 5.06 Å². The lowest BCUT2D eigenvalue weighted by Crippen LogP contribution is -2.62. The van der Waals surface area contributed by atoms with Crippen molar-refractivity contribution >= 4 is 5.97 Å². The monoisotopic (exact) mass is 273 g/mol. The standard InChI is InChI=1S/C14H27NO4/c1-12(2,3)11(16)18-15-13(4,5)8-10(19-17)9-14(15,6)7/h10,17H,8-9H2,1-7H3. The molecule has 5 nitrogen and oxygen atoms in total. The van der Waals surface area contributed by atoms with Crippen LogP contribution in [0.25, 0.3) is 0 Å². The average Bonchev–Trinajstić information content (AvgIpc) is 2.20. The van der Waals surface area contributed by atoms with Gasteiger partial charge in [-0.3, -0.25) is 5.26 Å². The molecule has 1 aliphatic rings. The van der Waals surface area contributed by atoms with Crippen LogP contribution in [-0.4, -0.2) is 33.5 Å². The first-order valence-electron chi connectivity index (χ1n) is 6.73. The summed E-state index contributed by atoms with van der Waals surface area (Å²) in [6.45, 7) is 13.4. The van der Waals surface area contributed by atoms with Gasteiger partial charge >= 0.3 is 5.97 Å². The molecule has 0 aromatic heterocycles. The summed E-state index contributed by atoms with van der Waals surface area (Å²) in [7, 11) is 0. The Labute approximate surface area is 115 Å². The van der Waals surface area contributed by atoms with E-state index in [1.54, 1.807) is 5.06 Å². The molecule has 5 heteroatoms. The van der Waals surface area contributed by atoms with E-state index in [0.29, 0.717) is 12.8 Å². The van der Waals surface area contributed by atoms with Gasteiger partial charge in [0.25, 0.3) is 0 Å². The summed E-state index contributed by atoms with van der Waals surface area (Å²) < 4.78 is 0. The number of rotatable bonds is 2. The van der Waals surface area contributed by atoms with Crippen LogP contribution >= 0.6 is 0 Å². The number of nitrogens with zero attached hydrogens (tertiary/aromatic N) is 1. The Morgan fingerprint density at radius 2 is 1.58 bits per heavy atom. The molecular weight excluding hydrogens is 246 g/mol. The highest BCUT2D eigenvalue weighted by Gasteiger charge is 2.49. The Morgan fingerprint density at radius 3 is 1.89 bits per heavy atom. The van der Waals surface area contributed by atoms with Crippen molar-refractivity contribution < 1.29 is 19.8 Å². The maximum Gasteiger partial charge on any atom is 0.330 e. The third kappa shape index (κ3) is 3.68. The quantitative estimate of drug-likeness (QED) is 0.619. The molecule has 1 aliphatic heterocycles. The predicted molar refractivity (Wildman–Crippen MR) is 72.3 cm³/mol. The van der Waals surface area contributed by atoms with E-state index < -0.39 is 16.5 Å². The number of hydrogen-bond donors (Lipinski definition) is 1. The SMILES string of the molecule is CC(C)(C)C(=O)ON1C(C)(C)CC(OO)CC1(C)C. The Kier molecular flexibility index (Phi) is 4.35. The molecule has 0 unspecified atom stereocenters. The van der Waals surface area contributed by atoms with Gasteiger partial charge in [-0.1, -0.05) is 0 Å². The first-order valence-corrected chi connectivity index (χ1v) is 6.73. The zero-order chi connectivity index (χ0) is 15.1. The van der Waals surface area contributed by atoms with Gasteiger partial charge in [-0.25, -0.2) is 9.68 Å². The van der Waals surface area contributed by atoms with Crippen molar-refractivity contribution in [2.45, 2.75) is 78.5 Å². The smallest absolute Gasteiger partial charge is 0.330 e. The molecule has 0 aliphatic carbocycles. The van der Waals surface area contributed by atoms with E-state index in [2.05, 4.69) is 4.89 Å². The molecule has 0 radical (unpaired) electrons. The van der Waals surface area contributed by atoms with Crippen LogP contribution in [-0.2, 0) is 14.5 Å². The fraction of sp³-hybridized carbons (Fsp3) is 0.929. The second kappa shape index (κ2) is 5.04. The molecule has 1 heterocycles. The van der Waals surface area contributed by atoms with E-state index in [1.165, 1.54) is 0 Å². The summed E-state index contributed by atoms with van der Waals surface area (Å²) in [6.07, 6.45) is 0.962. The molecule has 0 atom stereocenters. The maximum absolute atomic E-state index is 12.1. The van der Waals surface area contributed by atoms with Crippen molar-refractivity contribution in [1.82, 2.24) is 5.06 Å². The van der Waals surface area contributed by atoms with E-state index in [0.717, 1.165) is 0 Å². The third-order valence-corrected chi connectivity index (χ3v) is 3.49. The predicted octanol–water partition coefficient (Wildman–Crippen LogP) is 3.00. The van der Waals surface area contributed by atoms with Gasteiger partial charge in [-0.2, -0.15) is 0 Å². The Hall–Kier alpha value is -0.650. The van der Waals surface area contributed by atoms with Crippen LogP contribution in [0.3, 0.4) is 0 Å². The lowest BCUT2D eigenvalue weighted by molar-refractivity contribution is -0.334. The Morgan fingerprint density at radius 1 is 1.16 bits per heavy atom. The van der Waals surface area contributed by atoms with E-state index in [-0.39, 0.29) is 12.1 Å². The van der Waals surface area contributed by atoms with Crippen LogP contribution in [0, 0.1) is 5.41 Å². The minimum absolute atomic E-state index is 0.241. The molecule has 1 saturated heterocycles. The minimum atomic E-state index is -0.545. The van der Waals surface area contributed by atoms with Crippen molar-refractivity contribution in [3.05, 3.63) is 0 Å². The second-order valence-electron chi connectivity index (χ2n) is 7.68. The molecule has 0 aromatic carbocycles. The third-order valence-electron chi connectivity index (χ3n) is 3.49. The summed E-state index contributed by atoms with van der Waals surface area (Å²) in [5.74, 6) is -0.253. The van der Waals surface area contributed by atoms with Crippen LogP contribution in [0.4, 0.5) is 0 Å². The zero-order valence-electron chi connectivity index (χ0n) is 13.1. The fourth-order valence-corrected chi connectivity index (χ4v) is 2.71. The largest absolute Gasteiger partial charge is 0.366 e. The number of carbonyl (C=O) groups excluding carboxylic acids is 1. The van der Waals surface area contributed by atoms with Crippen molar-refractivity contribution in [1.29, 1.82) is 0 Å². The van der Waals surface area contributed by atoms with Gasteiger partial charge in [-0.05, 0) is 61.3 Å². The van der Waals surface area contributed by atoms with E-state index in [4.69, 9.17) is 10.1 Å². The van der Waals surface area contributed by atoms with Crippen molar-refractivity contribution in [3.8, 4) is 0 Å².